The molecule has 1 aromatic heterocycles. The highest BCUT2D eigenvalue weighted by molar-refractivity contribution is 5.92. The maximum absolute atomic E-state index is 11.9. The molecular weight excluding hydrogens is 304 g/mol. The Labute approximate surface area is 142 Å². The van der Waals surface area contributed by atoms with Crippen molar-refractivity contribution >= 4 is 11.7 Å². The van der Waals surface area contributed by atoms with E-state index in [1.807, 2.05) is 32.0 Å². The number of hydrogen-bond donors (Lipinski definition) is 2. The smallest absolute Gasteiger partial charge is 0.271 e. The summed E-state index contributed by atoms with van der Waals surface area (Å²) in [6.07, 6.45) is 0.843. The normalized spacial score (nSPS) is 10.5. The van der Waals surface area contributed by atoms with Crippen molar-refractivity contribution in [3.63, 3.8) is 0 Å². The highest BCUT2D eigenvalue weighted by atomic mass is 16.5. The van der Waals surface area contributed by atoms with Gasteiger partial charge in [-0.3, -0.25) is 4.79 Å². The summed E-state index contributed by atoms with van der Waals surface area (Å²) < 4.78 is 5.21. The van der Waals surface area contributed by atoms with E-state index in [1.165, 1.54) is 5.56 Å². The summed E-state index contributed by atoms with van der Waals surface area (Å²) in [5.41, 5.74) is 1.51. The SMILES string of the molecule is COc1cccc(CCNc2ccc(C(=O)NCC(C)C)nn2)c1. The topological polar surface area (TPSA) is 76.1 Å². The first-order chi connectivity index (χ1) is 11.6. The Hall–Kier alpha value is -2.63. The number of hydrogen-bond acceptors (Lipinski definition) is 5. The van der Waals surface area contributed by atoms with Gasteiger partial charge in [-0.15, -0.1) is 10.2 Å². The molecule has 2 N–H and O–H groups in total. The summed E-state index contributed by atoms with van der Waals surface area (Å²) in [7, 11) is 1.66. The quantitative estimate of drug-likeness (QED) is 0.779. The Morgan fingerprint density at radius 3 is 2.71 bits per heavy atom. The van der Waals surface area contributed by atoms with Crippen LogP contribution in [0.15, 0.2) is 36.4 Å². The van der Waals surface area contributed by atoms with Crippen LogP contribution in [0.5, 0.6) is 5.75 Å². The van der Waals surface area contributed by atoms with Crippen molar-refractivity contribution in [2.45, 2.75) is 20.3 Å². The summed E-state index contributed by atoms with van der Waals surface area (Å²) in [4.78, 5) is 11.9. The van der Waals surface area contributed by atoms with Gasteiger partial charge in [0.25, 0.3) is 5.91 Å². The van der Waals surface area contributed by atoms with Gasteiger partial charge in [0, 0.05) is 13.1 Å². The molecule has 6 heteroatoms. The van der Waals surface area contributed by atoms with Gasteiger partial charge >= 0.3 is 0 Å². The first-order valence-electron chi connectivity index (χ1n) is 8.07. The number of nitrogens with zero attached hydrogens (tertiary/aromatic N) is 2. The van der Waals surface area contributed by atoms with Gasteiger partial charge < -0.3 is 15.4 Å². The molecule has 0 saturated carbocycles. The van der Waals surface area contributed by atoms with Crippen LogP contribution in [0, 0.1) is 5.92 Å². The van der Waals surface area contributed by atoms with Crippen LogP contribution in [-0.4, -0.2) is 36.3 Å². The summed E-state index contributed by atoms with van der Waals surface area (Å²) >= 11 is 0. The van der Waals surface area contributed by atoms with Gasteiger partial charge in [-0.1, -0.05) is 26.0 Å². The molecule has 0 saturated heterocycles. The summed E-state index contributed by atoms with van der Waals surface area (Å²) in [5.74, 6) is 1.71. The maximum atomic E-state index is 11.9. The molecule has 0 aliphatic heterocycles. The highest BCUT2D eigenvalue weighted by Crippen LogP contribution is 2.13. The predicted molar refractivity (Wildman–Crippen MR) is 94.4 cm³/mol. The Morgan fingerprint density at radius 1 is 1.21 bits per heavy atom. The van der Waals surface area contributed by atoms with Crippen LogP contribution in [0.2, 0.25) is 0 Å². The molecule has 0 aliphatic rings. The minimum absolute atomic E-state index is 0.195. The van der Waals surface area contributed by atoms with Crippen molar-refractivity contribution in [1.82, 2.24) is 15.5 Å². The lowest BCUT2D eigenvalue weighted by Gasteiger charge is -2.08. The molecule has 0 atom stereocenters. The van der Waals surface area contributed by atoms with Gasteiger partial charge in [0.15, 0.2) is 5.69 Å². The Kier molecular flexibility index (Phi) is 6.54. The molecule has 1 heterocycles. The van der Waals surface area contributed by atoms with Gasteiger partial charge in [-0.2, -0.15) is 0 Å². The van der Waals surface area contributed by atoms with E-state index in [0.29, 0.717) is 24.0 Å². The lowest BCUT2D eigenvalue weighted by molar-refractivity contribution is 0.0943. The number of carbonyl (C=O) groups is 1. The standard InChI is InChI=1S/C18H24N4O2/c1-13(2)12-20-18(23)16-7-8-17(22-21-16)19-10-9-14-5-4-6-15(11-14)24-3/h4-8,11,13H,9-10,12H2,1-3H3,(H,19,22)(H,20,23). The van der Waals surface area contributed by atoms with Crippen molar-refractivity contribution in [2.75, 3.05) is 25.5 Å². The number of methoxy groups -OCH3 is 1. The molecule has 0 fully saturated rings. The largest absolute Gasteiger partial charge is 0.497 e. The maximum Gasteiger partial charge on any atom is 0.271 e. The van der Waals surface area contributed by atoms with Gasteiger partial charge in [0.2, 0.25) is 0 Å². The summed E-state index contributed by atoms with van der Waals surface area (Å²) in [6, 6.07) is 11.4. The van der Waals surface area contributed by atoms with E-state index >= 15 is 0 Å². The average molecular weight is 328 g/mol. The van der Waals surface area contributed by atoms with Crippen LogP contribution in [0.1, 0.15) is 29.9 Å². The fraction of sp³-hybridized carbons (Fsp3) is 0.389. The van der Waals surface area contributed by atoms with Crippen molar-refractivity contribution in [2.24, 2.45) is 5.92 Å². The molecule has 128 valence electrons. The molecule has 0 radical (unpaired) electrons. The number of carbonyl (C=O) groups excluding carboxylic acids is 1. The lowest BCUT2D eigenvalue weighted by Crippen LogP contribution is -2.28. The minimum atomic E-state index is -0.195. The third-order valence-corrected chi connectivity index (χ3v) is 3.42. The Bertz CT molecular complexity index is 656. The minimum Gasteiger partial charge on any atom is -0.497 e. The van der Waals surface area contributed by atoms with Crippen LogP contribution in [0.25, 0.3) is 0 Å². The second kappa shape index (κ2) is 8.86. The first-order valence-corrected chi connectivity index (χ1v) is 8.07. The van der Waals surface area contributed by atoms with Crippen molar-refractivity contribution in [3.8, 4) is 5.75 Å². The van der Waals surface area contributed by atoms with Gasteiger partial charge in [0.05, 0.1) is 7.11 Å². The first kappa shape index (κ1) is 17.7. The zero-order valence-electron chi connectivity index (χ0n) is 14.4. The molecule has 0 aliphatic carbocycles. The Morgan fingerprint density at radius 2 is 2.04 bits per heavy atom. The third-order valence-electron chi connectivity index (χ3n) is 3.42. The average Bonchev–Trinajstić information content (AvgIpc) is 2.60. The zero-order valence-corrected chi connectivity index (χ0v) is 14.4. The highest BCUT2D eigenvalue weighted by Gasteiger charge is 2.08. The molecule has 0 bridgehead atoms. The fourth-order valence-corrected chi connectivity index (χ4v) is 2.10. The number of amides is 1. The van der Waals surface area contributed by atoms with E-state index in [1.54, 1.807) is 19.2 Å². The number of ether oxygens (including phenoxy) is 1. The van der Waals surface area contributed by atoms with Crippen LogP contribution in [-0.2, 0) is 6.42 Å². The van der Waals surface area contributed by atoms with Crippen LogP contribution in [0.4, 0.5) is 5.82 Å². The molecule has 6 nitrogen and oxygen atoms in total. The van der Waals surface area contributed by atoms with E-state index in [0.717, 1.165) is 18.7 Å². The lowest BCUT2D eigenvalue weighted by atomic mass is 10.1. The van der Waals surface area contributed by atoms with Crippen LogP contribution < -0.4 is 15.4 Å². The van der Waals surface area contributed by atoms with Crippen LogP contribution >= 0.6 is 0 Å². The van der Waals surface area contributed by atoms with Gasteiger partial charge in [0.1, 0.15) is 11.6 Å². The molecule has 0 unspecified atom stereocenters. The number of benzene rings is 1. The Balaban J connectivity index is 1.82. The van der Waals surface area contributed by atoms with Gasteiger partial charge in [-0.05, 0) is 42.2 Å². The monoisotopic (exact) mass is 328 g/mol. The van der Waals surface area contributed by atoms with E-state index < -0.39 is 0 Å². The number of aromatic nitrogens is 2. The van der Waals surface area contributed by atoms with E-state index in [2.05, 4.69) is 26.9 Å². The summed E-state index contributed by atoms with van der Waals surface area (Å²) in [6.45, 7) is 5.43. The molecule has 1 aromatic carbocycles. The van der Waals surface area contributed by atoms with Crippen molar-refractivity contribution < 1.29 is 9.53 Å². The second-order valence-corrected chi connectivity index (χ2v) is 5.94. The molecule has 2 rings (SSSR count). The van der Waals surface area contributed by atoms with Crippen LogP contribution in [0.3, 0.4) is 0 Å². The van der Waals surface area contributed by atoms with Gasteiger partial charge in [-0.25, -0.2) is 0 Å². The molecular formula is C18H24N4O2. The number of anilines is 1. The third kappa shape index (κ3) is 5.53. The second-order valence-electron chi connectivity index (χ2n) is 5.94. The zero-order chi connectivity index (χ0) is 17.4. The molecule has 24 heavy (non-hydrogen) atoms. The summed E-state index contributed by atoms with van der Waals surface area (Å²) in [5, 5.41) is 14.0. The molecule has 2 aromatic rings. The van der Waals surface area contributed by atoms with E-state index in [-0.39, 0.29) is 5.91 Å². The van der Waals surface area contributed by atoms with E-state index in [9.17, 15) is 4.79 Å². The molecule has 0 spiro atoms. The van der Waals surface area contributed by atoms with E-state index in [4.69, 9.17) is 4.74 Å². The predicted octanol–water partition coefficient (Wildman–Crippen LogP) is 2.53. The molecule has 1 amide bonds. The van der Waals surface area contributed by atoms with Crippen molar-refractivity contribution in [3.05, 3.63) is 47.7 Å². The number of nitrogens with one attached hydrogen (secondary N) is 2. The van der Waals surface area contributed by atoms with Crippen molar-refractivity contribution in [1.29, 1.82) is 0 Å². The fourth-order valence-electron chi connectivity index (χ4n) is 2.10. The number of rotatable bonds is 8.